The van der Waals surface area contributed by atoms with Gasteiger partial charge in [-0.05, 0) is 32.0 Å². The van der Waals surface area contributed by atoms with Crippen molar-refractivity contribution < 1.29 is 0 Å². The van der Waals surface area contributed by atoms with Crippen molar-refractivity contribution in [2.75, 3.05) is 19.0 Å². The molecular formula is C12H17ClN2. The maximum atomic E-state index is 6.22. The van der Waals surface area contributed by atoms with Gasteiger partial charge in [-0.1, -0.05) is 23.7 Å². The number of nitrogens with zero attached hydrogens (tertiary/aromatic N) is 1. The first-order valence-electron chi connectivity index (χ1n) is 5.32. The van der Waals surface area contributed by atoms with Crippen LogP contribution in [0.5, 0.6) is 0 Å². The van der Waals surface area contributed by atoms with Gasteiger partial charge in [0.1, 0.15) is 0 Å². The standard InChI is InChI=1S/C12H17ClN2/c1-8(14-2)11-7-9-5-4-6-10(13)12(9)15(11)3/h4-6,8,11,14H,7H2,1-3H3. The number of fused-ring (bicyclic) bond motifs is 1. The van der Waals surface area contributed by atoms with Gasteiger partial charge in [-0.15, -0.1) is 0 Å². The van der Waals surface area contributed by atoms with Crippen LogP contribution in [-0.2, 0) is 6.42 Å². The topological polar surface area (TPSA) is 15.3 Å². The molecule has 1 heterocycles. The summed E-state index contributed by atoms with van der Waals surface area (Å²) in [5, 5.41) is 4.17. The molecule has 0 bridgehead atoms. The second kappa shape index (κ2) is 4.03. The lowest BCUT2D eigenvalue weighted by Crippen LogP contribution is -2.44. The maximum Gasteiger partial charge on any atom is 0.0642 e. The number of likely N-dealkylation sites (N-methyl/N-ethyl adjacent to an activating group) is 2. The summed E-state index contributed by atoms with van der Waals surface area (Å²) < 4.78 is 0. The van der Waals surface area contributed by atoms with Gasteiger partial charge in [-0.25, -0.2) is 0 Å². The number of hydrogen-bond acceptors (Lipinski definition) is 2. The minimum atomic E-state index is 0.471. The summed E-state index contributed by atoms with van der Waals surface area (Å²) in [6, 6.07) is 7.13. The molecule has 0 aromatic heterocycles. The van der Waals surface area contributed by atoms with Crippen molar-refractivity contribution in [3.05, 3.63) is 28.8 Å². The van der Waals surface area contributed by atoms with Crippen LogP contribution in [0.4, 0.5) is 5.69 Å². The molecule has 2 nitrogen and oxygen atoms in total. The fourth-order valence-corrected chi connectivity index (χ4v) is 2.68. The highest BCUT2D eigenvalue weighted by molar-refractivity contribution is 6.33. The average molecular weight is 225 g/mol. The monoisotopic (exact) mass is 224 g/mol. The molecule has 2 atom stereocenters. The van der Waals surface area contributed by atoms with Crippen molar-refractivity contribution in [2.45, 2.75) is 25.4 Å². The van der Waals surface area contributed by atoms with Crippen molar-refractivity contribution >= 4 is 17.3 Å². The zero-order chi connectivity index (χ0) is 11.0. The lowest BCUT2D eigenvalue weighted by Gasteiger charge is -2.28. The number of halogens is 1. The summed E-state index contributed by atoms with van der Waals surface area (Å²) in [7, 11) is 4.12. The number of anilines is 1. The van der Waals surface area contributed by atoms with Crippen LogP contribution in [0.2, 0.25) is 5.02 Å². The molecular weight excluding hydrogens is 208 g/mol. The van der Waals surface area contributed by atoms with E-state index in [9.17, 15) is 0 Å². The molecule has 1 aromatic carbocycles. The summed E-state index contributed by atoms with van der Waals surface area (Å²) in [5.74, 6) is 0. The lowest BCUT2D eigenvalue weighted by molar-refractivity contribution is 0.488. The Balaban J connectivity index is 2.33. The third-order valence-corrected chi connectivity index (χ3v) is 3.69. The lowest BCUT2D eigenvalue weighted by atomic mass is 10.1. The van der Waals surface area contributed by atoms with E-state index < -0.39 is 0 Å². The summed E-state index contributed by atoms with van der Waals surface area (Å²) >= 11 is 6.22. The molecule has 1 aliphatic rings. The van der Waals surface area contributed by atoms with Crippen LogP contribution in [0.15, 0.2) is 18.2 Å². The van der Waals surface area contributed by atoms with Crippen LogP contribution in [0.1, 0.15) is 12.5 Å². The summed E-state index contributed by atoms with van der Waals surface area (Å²) in [6.07, 6.45) is 1.08. The van der Waals surface area contributed by atoms with Crippen LogP contribution < -0.4 is 10.2 Å². The molecule has 2 unspecified atom stereocenters. The van der Waals surface area contributed by atoms with E-state index in [2.05, 4.69) is 30.3 Å². The minimum absolute atomic E-state index is 0.471. The number of benzene rings is 1. The van der Waals surface area contributed by atoms with E-state index in [0.29, 0.717) is 12.1 Å². The van der Waals surface area contributed by atoms with Gasteiger partial charge in [-0.3, -0.25) is 0 Å². The van der Waals surface area contributed by atoms with Crippen LogP contribution in [-0.4, -0.2) is 26.2 Å². The van der Waals surface area contributed by atoms with Crippen LogP contribution in [0.3, 0.4) is 0 Å². The Kier molecular flexibility index (Phi) is 2.89. The first-order valence-corrected chi connectivity index (χ1v) is 5.70. The van der Waals surface area contributed by atoms with Gasteiger partial charge < -0.3 is 10.2 Å². The molecule has 0 spiro atoms. The van der Waals surface area contributed by atoms with Crippen molar-refractivity contribution in [2.24, 2.45) is 0 Å². The fourth-order valence-electron chi connectivity index (χ4n) is 2.35. The number of para-hydroxylation sites is 1. The third-order valence-electron chi connectivity index (χ3n) is 3.38. The Bertz CT molecular complexity index is 365. The molecule has 1 aromatic rings. The van der Waals surface area contributed by atoms with E-state index in [1.165, 1.54) is 11.3 Å². The molecule has 0 saturated heterocycles. The van der Waals surface area contributed by atoms with Gasteiger partial charge in [0.15, 0.2) is 0 Å². The molecule has 15 heavy (non-hydrogen) atoms. The molecule has 1 N–H and O–H groups in total. The predicted octanol–water partition coefficient (Wildman–Crippen LogP) is 2.31. The Morgan fingerprint density at radius 1 is 1.53 bits per heavy atom. The zero-order valence-electron chi connectivity index (χ0n) is 9.42. The second-order valence-electron chi connectivity index (χ2n) is 4.21. The fraction of sp³-hybridized carbons (Fsp3) is 0.500. The SMILES string of the molecule is CNC(C)C1Cc2cccc(Cl)c2N1C. The van der Waals surface area contributed by atoms with Gasteiger partial charge in [-0.2, -0.15) is 0 Å². The van der Waals surface area contributed by atoms with Crippen LogP contribution in [0, 0.1) is 0 Å². The van der Waals surface area contributed by atoms with E-state index in [0.717, 1.165) is 11.4 Å². The molecule has 3 heteroatoms. The van der Waals surface area contributed by atoms with Gasteiger partial charge in [0.25, 0.3) is 0 Å². The van der Waals surface area contributed by atoms with Crippen molar-refractivity contribution in [3.63, 3.8) is 0 Å². The van der Waals surface area contributed by atoms with Crippen molar-refractivity contribution in [1.82, 2.24) is 5.32 Å². The molecule has 2 rings (SSSR count). The average Bonchev–Trinajstić information content (AvgIpc) is 2.56. The van der Waals surface area contributed by atoms with E-state index in [1.54, 1.807) is 0 Å². The quantitative estimate of drug-likeness (QED) is 0.830. The normalized spacial score (nSPS) is 21.6. The third kappa shape index (κ3) is 1.72. The molecule has 0 saturated carbocycles. The largest absolute Gasteiger partial charge is 0.368 e. The molecule has 0 amide bonds. The van der Waals surface area contributed by atoms with E-state index in [4.69, 9.17) is 11.6 Å². The van der Waals surface area contributed by atoms with Gasteiger partial charge in [0.05, 0.1) is 10.7 Å². The molecule has 0 fully saturated rings. The van der Waals surface area contributed by atoms with E-state index >= 15 is 0 Å². The first-order chi connectivity index (χ1) is 7.15. The Hall–Kier alpha value is -0.730. The highest BCUT2D eigenvalue weighted by Crippen LogP contribution is 2.37. The van der Waals surface area contributed by atoms with Crippen LogP contribution in [0.25, 0.3) is 0 Å². The van der Waals surface area contributed by atoms with Crippen molar-refractivity contribution in [3.8, 4) is 0 Å². The Labute approximate surface area is 96.2 Å². The molecule has 0 aliphatic carbocycles. The number of hydrogen-bond donors (Lipinski definition) is 1. The Morgan fingerprint density at radius 2 is 2.27 bits per heavy atom. The highest BCUT2D eigenvalue weighted by atomic mass is 35.5. The van der Waals surface area contributed by atoms with Crippen molar-refractivity contribution in [1.29, 1.82) is 0 Å². The van der Waals surface area contributed by atoms with Gasteiger partial charge >= 0.3 is 0 Å². The first kappa shape index (κ1) is 10.8. The number of nitrogens with one attached hydrogen (secondary N) is 1. The van der Waals surface area contributed by atoms with Gasteiger partial charge in [0, 0.05) is 19.1 Å². The summed E-state index contributed by atoms with van der Waals surface area (Å²) in [4.78, 5) is 2.29. The van der Waals surface area contributed by atoms with Gasteiger partial charge in [0.2, 0.25) is 0 Å². The van der Waals surface area contributed by atoms with E-state index in [-0.39, 0.29) is 0 Å². The van der Waals surface area contributed by atoms with Crippen LogP contribution >= 0.6 is 11.6 Å². The predicted molar refractivity (Wildman–Crippen MR) is 65.9 cm³/mol. The Morgan fingerprint density at radius 3 is 2.87 bits per heavy atom. The zero-order valence-corrected chi connectivity index (χ0v) is 10.2. The summed E-state index contributed by atoms with van der Waals surface area (Å²) in [6.45, 7) is 2.21. The molecule has 0 radical (unpaired) electrons. The van der Waals surface area contributed by atoms with E-state index in [1.807, 2.05) is 19.2 Å². The molecule has 82 valence electrons. The number of rotatable bonds is 2. The minimum Gasteiger partial charge on any atom is -0.368 e. The maximum absolute atomic E-state index is 6.22. The highest BCUT2D eigenvalue weighted by Gasteiger charge is 2.31. The smallest absolute Gasteiger partial charge is 0.0642 e. The summed E-state index contributed by atoms with van der Waals surface area (Å²) in [5.41, 5.74) is 2.56. The second-order valence-corrected chi connectivity index (χ2v) is 4.61. The molecule has 1 aliphatic heterocycles.